The molecular formula is C24H23N5O2. The number of benzene rings is 2. The van der Waals surface area contributed by atoms with Crippen LogP contribution >= 0.6 is 0 Å². The Bertz CT molecular complexity index is 1110. The van der Waals surface area contributed by atoms with E-state index in [1.807, 2.05) is 48.5 Å². The number of piperidine rings is 1. The van der Waals surface area contributed by atoms with Crippen molar-refractivity contribution in [1.29, 1.82) is 0 Å². The summed E-state index contributed by atoms with van der Waals surface area (Å²) in [6, 6.07) is 17.7. The average molecular weight is 413 g/mol. The number of nitrogens with one attached hydrogen (secondary N) is 2. The van der Waals surface area contributed by atoms with Gasteiger partial charge in [0.15, 0.2) is 5.82 Å². The van der Waals surface area contributed by atoms with Crippen LogP contribution < -0.4 is 10.6 Å². The molecule has 0 radical (unpaired) electrons. The Morgan fingerprint density at radius 1 is 0.968 bits per heavy atom. The molecular weight excluding hydrogens is 390 g/mol. The van der Waals surface area contributed by atoms with Crippen molar-refractivity contribution >= 4 is 17.8 Å². The first-order valence-corrected chi connectivity index (χ1v) is 10.5. The van der Waals surface area contributed by atoms with Crippen LogP contribution in [0.25, 0.3) is 11.3 Å². The lowest BCUT2D eigenvalue weighted by Crippen LogP contribution is -2.57. The van der Waals surface area contributed by atoms with E-state index < -0.39 is 0 Å². The second kappa shape index (κ2) is 7.83. The summed E-state index contributed by atoms with van der Waals surface area (Å²) in [6.07, 6.45) is 5.01. The van der Waals surface area contributed by atoms with Gasteiger partial charge in [-0.2, -0.15) is 0 Å². The van der Waals surface area contributed by atoms with Crippen LogP contribution in [-0.2, 0) is 16.8 Å². The summed E-state index contributed by atoms with van der Waals surface area (Å²) in [7, 11) is 0. The topological polar surface area (TPSA) is 87.2 Å². The number of hydrogen-bond donors (Lipinski definition) is 2. The minimum Gasteiger partial charge on any atom is -0.346 e. The standard InChI is InChI=1S/C24H23N5O2/c30-22-14-18-8-4-5-9-19(18)24(28-22)10-12-29(13-11-24)23(31)27-21-16-25-20(15-26-21)17-6-2-1-3-7-17/h1-9,15-16H,10-14H2,(H,28,30)(H,26,27,31). The quantitative estimate of drug-likeness (QED) is 0.675. The van der Waals surface area contributed by atoms with Gasteiger partial charge in [-0.1, -0.05) is 54.6 Å². The maximum Gasteiger partial charge on any atom is 0.323 e. The molecule has 2 N–H and O–H groups in total. The van der Waals surface area contributed by atoms with Crippen LogP contribution in [0, 0.1) is 0 Å². The van der Waals surface area contributed by atoms with E-state index in [2.05, 4.69) is 26.7 Å². The highest BCUT2D eigenvalue weighted by Crippen LogP contribution is 2.37. The van der Waals surface area contributed by atoms with Crippen molar-refractivity contribution in [3.63, 3.8) is 0 Å². The van der Waals surface area contributed by atoms with Crippen LogP contribution in [0.1, 0.15) is 24.0 Å². The fourth-order valence-electron chi connectivity index (χ4n) is 4.52. The number of carbonyl (C=O) groups excluding carboxylic acids is 2. The summed E-state index contributed by atoms with van der Waals surface area (Å²) in [5.41, 5.74) is 3.60. The molecule has 5 rings (SSSR count). The van der Waals surface area contributed by atoms with E-state index in [0.29, 0.717) is 38.2 Å². The van der Waals surface area contributed by atoms with E-state index >= 15 is 0 Å². The van der Waals surface area contributed by atoms with E-state index in [1.54, 1.807) is 17.3 Å². The highest BCUT2D eigenvalue weighted by Gasteiger charge is 2.42. The zero-order chi connectivity index (χ0) is 21.3. The van der Waals surface area contributed by atoms with Gasteiger partial charge >= 0.3 is 6.03 Å². The van der Waals surface area contributed by atoms with Crippen LogP contribution in [0.2, 0.25) is 0 Å². The lowest BCUT2D eigenvalue weighted by molar-refractivity contribution is -0.123. The Balaban J connectivity index is 1.24. The Hall–Kier alpha value is -3.74. The van der Waals surface area contributed by atoms with Crippen LogP contribution in [0.5, 0.6) is 0 Å². The molecule has 0 atom stereocenters. The Kier molecular flexibility index (Phi) is 4.86. The lowest BCUT2D eigenvalue weighted by Gasteiger charge is -2.45. The third-order valence-electron chi connectivity index (χ3n) is 6.12. The number of amides is 3. The van der Waals surface area contributed by atoms with Gasteiger partial charge in [0.25, 0.3) is 0 Å². The van der Waals surface area contributed by atoms with Crippen molar-refractivity contribution in [2.24, 2.45) is 0 Å². The molecule has 2 aliphatic rings. The molecule has 3 heterocycles. The smallest absolute Gasteiger partial charge is 0.323 e. The van der Waals surface area contributed by atoms with E-state index in [-0.39, 0.29) is 17.5 Å². The second-order valence-electron chi connectivity index (χ2n) is 8.03. The molecule has 0 unspecified atom stereocenters. The zero-order valence-corrected chi connectivity index (χ0v) is 17.0. The number of rotatable bonds is 2. The number of carbonyl (C=O) groups is 2. The van der Waals surface area contributed by atoms with Crippen molar-refractivity contribution in [3.05, 3.63) is 78.1 Å². The molecule has 3 amide bonds. The summed E-state index contributed by atoms with van der Waals surface area (Å²) < 4.78 is 0. The monoisotopic (exact) mass is 413 g/mol. The molecule has 0 bridgehead atoms. The van der Waals surface area contributed by atoms with Gasteiger partial charge < -0.3 is 10.2 Å². The average Bonchev–Trinajstić information content (AvgIpc) is 2.80. The second-order valence-corrected chi connectivity index (χ2v) is 8.03. The van der Waals surface area contributed by atoms with E-state index in [4.69, 9.17) is 0 Å². The molecule has 156 valence electrons. The van der Waals surface area contributed by atoms with Gasteiger partial charge in [0.2, 0.25) is 5.91 Å². The molecule has 1 aromatic heterocycles. The molecule has 7 heteroatoms. The molecule has 1 fully saturated rings. The van der Waals surface area contributed by atoms with Gasteiger partial charge in [0, 0.05) is 18.7 Å². The number of anilines is 1. The maximum absolute atomic E-state index is 12.8. The first-order chi connectivity index (χ1) is 15.1. The van der Waals surface area contributed by atoms with Crippen molar-refractivity contribution in [2.45, 2.75) is 24.8 Å². The van der Waals surface area contributed by atoms with Crippen LogP contribution in [0.3, 0.4) is 0 Å². The van der Waals surface area contributed by atoms with Crippen LogP contribution in [-0.4, -0.2) is 39.9 Å². The predicted molar refractivity (Wildman–Crippen MR) is 117 cm³/mol. The summed E-state index contributed by atoms with van der Waals surface area (Å²) in [4.78, 5) is 35.5. The lowest BCUT2D eigenvalue weighted by atomic mass is 9.76. The highest BCUT2D eigenvalue weighted by molar-refractivity contribution is 5.88. The molecule has 3 aromatic rings. The number of nitrogens with zero attached hydrogens (tertiary/aromatic N) is 3. The summed E-state index contributed by atoms with van der Waals surface area (Å²) in [5, 5.41) is 6.03. The van der Waals surface area contributed by atoms with Gasteiger partial charge in [-0.05, 0) is 24.0 Å². The Morgan fingerprint density at radius 2 is 1.71 bits per heavy atom. The Morgan fingerprint density at radius 3 is 2.45 bits per heavy atom. The van der Waals surface area contributed by atoms with E-state index in [0.717, 1.165) is 16.8 Å². The summed E-state index contributed by atoms with van der Waals surface area (Å²) in [6.45, 7) is 1.10. The predicted octanol–water partition coefficient (Wildman–Crippen LogP) is 3.34. The molecule has 1 saturated heterocycles. The molecule has 2 aliphatic heterocycles. The molecule has 1 spiro atoms. The molecule has 7 nitrogen and oxygen atoms in total. The number of hydrogen-bond acceptors (Lipinski definition) is 4. The summed E-state index contributed by atoms with van der Waals surface area (Å²) in [5.74, 6) is 0.465. The largest absolute Gasteiger partial charge is 0.346 e. The molecule has 2 aromatic carbocycles. The summed E-state index contributed by atoms with van der Waals surface area (Å²) >= 11 is 0. The minimum absolute atomic E-state index is 0.0466. The number of urea groups is 1. The van der Waals surface area contributed by atoms with Crippen molar-refractivity contribution in [2.75, 3.05) is 18.4 Å². The first kappa shape index (κ1) is 19.2. The van der Waals surface area contributed by atoms with E-state index in [9.17, 15) is 9.59 Å². The van der Waals surface area contributed by atoms with Gasteiger partial charge in [-0.15, -0.1) is 0 Å². The SMILES string of the molecule is O=C1Cc2ccccc2C2(CCN(C(=O)Nc3cnc(-c4ccccc4)cn3)CC2)N1. The Labute approximate surface area is 180 Å². The van der Waals surface area contributed by atoms with E-state index in [1.165, 1.54) is 5.56 Å². The van der Waals surface area contributed by atoms with Crippen molar-refractivity contribution in [1.82, 2.24) is 20.2 Å². The van der Waals surface area contributed by atoms with Crippen LogP contribution in [0.15, 0.2) is 67.0 Å². The van der Waals surface area contributed by atoms with Gasteiger partial charge in [0.1, 0.15) is 0 Å². The van der Waals surface area contributed by atoms with Crippen molar-refractivity contribution in [3.8, 4) is 11.3 Å². The number of aromatic nitrogens is 2. The normalized spacial score (nSPS) is 17.0. The first-order valence-electron chi connectivity index (χ1n) is 10.5. The fourth-order valence-corrected chi connectivity index (χ4v) is 4.52. The third-order valence-corrected chi connectivity index (χ3v) is 6.12. The van der Waals surface area contributed by atoms with Gasteiger partial charge in [-0.25, -0.2) is 9.78 Å². The number of fused-ring (bicyclic) bond motifs is 2. The molecule has 0 saturated carbocycles. The van der Waals surface area contributed by atoms with Gasteiger partial charge in [-0.3, -0.25) is 15.1 Å². The third kappa shape index (κ3) is 3.74. The molecule has 31 heavy (non-hydrogen) atoms. The fraction of sp³-hybridized carbons (Fsp3) is 0.250. The van der Waals surface area contributed by atoms with Gasteiger partial charge in [0.05, 0.1) is 30.0 Å². The van der Waals surface area contributed by atoms with Crippen LogP contribution in [0.4, 0.5) is 10.6 Å². The minimum atomic E-state index is -0.389. The highest BCUT2D eigenvalue weighted by atomic mass is 16.2. The zero-order valence-electron chi connectivity index (χ0n) is 17.0. The molecule has 0 aliphatic carbocycles. The van der Waals surface area contributed by atoms with Crippen molar-refractivity contribution < 1.29 is 9.59 Å². The maximum atomic E-state index is 12.8. The number of likely N-dealkylation sites (tertiary alicyclic amines) is 1.